The number of carboxylic acid groups (broad SMARTS) is 1. The molecule has 0 heterocycles. The van der Waals surface area contributed by atoms with Gasteiger partial charge < -0.3 is 9.84 Å². The van der Waals surface area contributed by atoms with Crippen molar-refractivity contribution in [3.8, 4) is 0 Å². The lowest BCUT2D eigenvalue weighted by molar-refractivity contribution is -0.145. The Balaban J connectivity index is 3.96. The van der Waals surface area contributed by atoms with Crippen molar-refractivity contribution in [1.29, 1.82) is 0 Å². The topological polar surface area (TPSA) is 58.6 Å². The fraction of sp³-hybridized carbons (Fsp3) is 0.938. The Bertz CT molecular complexity index is 268. The first-order valence-electron chi connectivity index (χ1n) is 7.94. The smallest absolute Gasteiger partial charge is 0.323 e. The van der Waals surface area contributed by atoms with E-state index in [-0.39, 0.29) is 12.1 Å². The van der Waals surface area contributed by atoms with E-state index >= 15 is 0 Å². The average Bonchev–Trinajstić information content (AvgIpc) is 2.33. The number of ether oxygens (including phenoxy) is 1. The van der Waals surface area contributed by atoms with Gasteiger partial charge in [-0.1, -0.05) is 32.6 Å². The zero-order valence-corrected chi connectivity index (χ0v) is 13.9. The molecule has 0 bridgehead atoms. The van der Waals surface area contributed by atoms with Crippen LogP contribution in [0.4, 0.5) is 0 Å². The molecule has 0 aliphatic carbocycles. The Hall–Kier alpha value is -0.610. The zero-order valence-electron chi connectivity index (χ0n) is 13.9. The van der Waals surface area contributed by atoms with Gasteiger partial charge in [0.2, 0.25) is 0 Å². The van der Waals surface area contributed by atoms with Gasteiger partial charge in [-0.2, -0.15) is 0 Å². The molecule has 0 amide bonds. The van der Waals surface area contributed by atoms with Crippen LogP contribution in [0.5, 0.6) is 0 Å². The summed E-state index contributed by atoms with van der Waals surface area (Å²) in [6.07, 6.45) is 6.72. The lowest BCUT2D eigenvalue weighted by Gasteiger charge is -2.29. The van der Waals surface area contributed by atoms with E-state index in [0.29, 0.717) is 13.0 Å². The van der Waals surface area contributed by atoms with Gasteiger partial charge in [-0.3, -0.25) is 10.1 Å². The molecule has 0 aromatic rings. The maximum atomic E-state index is 11.4. The fourth-order valence-electron chi connectivity index (χ4n) is 2.28. The Morgan fingerprint density at radius 3 is 2.40 bits per heavy atom. The molecule has 0 aliphatic rings. The number of hydrogen-bond donors (Lipinski definition) is 2. The second kappa shape index (κ2) is 10.2. The maximum Gasteiger partial charge on any atom is 0.323 e. The summed E-state index contributed by atoms with van der Waals surface area (Å²) in [6.45, 7) is 10.4. The summed E-state index contributed by atoms with van der Waals surface area (Å²) in [6, 6.07) is 0.141. The van der Waals surface area contributed by atoms with Crippen molar-refractivity contribution in [1.82, 2.24) is 5.32 Å². The minimum Gasteiger partial charge on any atom is -0.480 e. The summed E-state index contributed by atoms with van der Waals surface area (Å²) < 4.78 is 5.75. The zero-order chi connectivity index (χ0) is 15.6. The van der Waals surface area contributed by atoms with Crippen molar-refractivity contribution in [2.75, 3.05) is 6.61 Å². The van der Waals surface area contributed by atoms with Gasteiger partial charge >= 0.3 is 5.97 Å². The number of nitrogens with one attached hydrogen (secondary N) is 1. The molecule has 0 aromatic carbocycles. The van der Waals surface area contributed by atoms with Gasteiger partial charge in [0.25, 0.3) is 0 Å². The summed E-state index contributed by atoms with van der Waals surface area (Å²) in [7, 11) is 0. The molecule has 4 heteroatoms. The lowest BCUT2D eigenvalue weighted by Crippen LogP contribution is -2.53. The molecule has 2 atom stereocenters. The number of hydrogen-bond acceptors (Lipinski definition) is 3. The first-order valence-corrected chi connectivity index (χ1v) is 7.94. The molecule has 20 heavy (non-hydrogen) atoms. The summed E-state index contributed by atoms with van der Waals surface area (Å²) in [5, 5.41) is 12.4. The van der Waals surface area contributed by atoms with Crippen LogP contribution in [0.3, 0.4) is 0 Å². The molecule has 0 fully saturated rings. The highest BCUT2D eigenvalue weighted by atomic mass is 16.5. The number of carboxylic acids is 1. The number of aliphatic carboxylic acids is 1. The first-order chi connectivity index (χ1) is 9.31. The Morgan fingerprint density at radius 2 is 1.90 bits per heavy atom. The van der Waals surface area contributed by atoms with Crippen molar-refractivity contribution in [2.24, 2.45) is 0 Å². The summed E-state index contributed by atoms with van der Waals surface area (Å²) in [5.74, 6) is -0.814. The SMILES string of the molecule is CCCCCCC(C)OCCC(C)(NC(C)C)C(=O)O. The van der Waals surface area contributed by atoms with E-state index in [1.807, 2.05) is 13.8 Å². The predicted octanol–water partition coefficient (Wildman–Crippen LogP) is 3.59. The van der Waals surface area contributed by atoms with Crippen molar-refractivity contribution in [3.63, 3.8) is 0 Å². The van der Waals surface area contributed by atoms with Crippen LogP contribution in [0, 0.1) is 0 Å². The molecule has 0 aromatic heterocycles. The second-order valence-electron chi connectivity index (χ2n) is 6.22. The lowest BCUT2D eigenvalue weighted by atomic mass is 9.97. The molecule has 4 nitrogen and oxygen atoms in total. The van der Waals surface area contributed by atoms with Crippen LogP contribution in [0.2, 0.25) is 0 Å². The van der Waals surface area contributed by atoms with Crippen molar-refractivity contribution in [2.45, 2.75) is 90.8 Å². The largest absolute Gasteiger partial charge is 0.480 e. The van der Waals surface area contributed by atoms with Gasteiger partial charge in [-0.05, 0) is 40.5 Å². The van der Waals surface area contributed by atoms with Crippen LogP contribution in [0.15, 0.2) is 0 Å². The minimum atomic E-state index is -0.907. The second-order valence-corrected chi connectivity index (χ2v) is 6.22. The van der Waals surface area contributed by atoms with Crippen molar-refractivity contribution >= 4 is 5.97 Å². The third-order valence-electron chi connectivity index (χ3n) is 3.55. The number of rotatable bonds is 12. The highest BCUT2D eigenvalue weighted by Gasteiger charge is 2.33. The number of carbonyl (C=O) groups is 1. The highest BCUT2D eigenvalue weighted by Crippen LogP contribution is 2.14. The van der Waals surface area contributed by atoms with E-state index in [2.05, 4.69) is 19.2 Å². The van der Waals surface area contributed by atoms with Crippen LogP contribution in [0.25, 0.3) is 0 Å². The van der Waals surface area contributed by atoms with Crippen LogP contribution >= 0.6 is 0 Å². The van der Waals surface area contributed by atoms with Gasteiger partial charge in [0.15, 0.2) is 0 Å². The standard InChI is InChI=1S/C16H33NO3/c1-6-7-8-9-10-14(4)20-12-11-16(5,15(18)19)17-13(2)3/h13-14,17H,6-12H2,1-5H3,(H,18,19). The third-order valence-corrected chi connectivity index (χ3v) is 3.55. The minimum absolute atomic E-state index is 0.141. The summed E-state index contributed by atoms with van der Waals surface area (Å²) in [5.41, 5.74) is -0.907. The van der Waals surface area contributed by atoms with E-state index in [0.717, 1.165) is 6.42 Å². The molecular formula is C16H33NO3. The molecule has 2 N–H and O–H groups in total. The van der Waals surface area contributed by atoms with Crippen LogP contribution in [-0.4, -0.2) is 35.4 Å². The molecular weight excluding hydrogens is 254 g/mol. The molecule has 0 aliphatic heterocycles. The van der Waals surface area contributed by atoms with Gasteiger partial charge in [-0.25, -0.2) is 0 Å². The third kappa shape index (κ3) is 8.54. The first kappa shape index (κ1) is 19.4. The summed E-state index contributed by atoms with van der Waals surface area (Å²) >= 11 is 0. The predicted molar refractivity (Wildman–Crippen MR) is 83.1 cm³/mol. The number of unbranched alkanes of at least 4 members (excludes halogenated alkanes) is 3. The van der Waals surface area contributed by atoms with Crippen LogP contribution < -0.4 is 5.32 Å². The highest BCUT2D eigenvalue weighted by molar-refractivity contribution is 5.78. The molecule has 0 spiro atoms. The van der Waals surface area contributed by atoms with E-state index in [1.54, 1.807) is 6.92 Å². The summed E-state index contributed by atoms with van der Waals surface area (Å²) in [4.78, 5) is 11.4. The molecule has 0 saturated carbocycles. The van der Waals surface area contributed by atoms with E-state index in [9.17, 15) is 9.90 Å². The van der Waals surface area contributed by atoms with Gasteiger partial charge in [0.05, 0.1) is 6.10 Å². The van der Waals surface area contributed by atoms with Crippen LogP contribution in [0.1, 0.15) is 73.1 Å². The van der Waals surface area contributed by atoms with E-state index < -0.39 is 11.5 Å². The monoisotopic (exact) mass is 287 g/mol. The van der Waals surface area contributed by atoms with E-state index in [4.69, 9.17) is 4.74 Å². The Labute approximate surface area is 124 Å². The average molecular weight is 287 g/mol. The van der Waals surface area contributed by atoms with Crippen LogP contribution in [-0.2, 0) is 9.53 Å². The Kier molecular flexibility index (Phi) is 9.86. The van der Waals surface area contributed by atoms with Gasteiger partial charge in [0, 0.05) is 12.6 Å². The molecule has 2 unspecified atom stereocenters. The molecule has 120 valence electrons. The Morgan fingerprint density at radius 1 is 1.25 bits per heavy atom. The quantitative estimate of drug-likeness (QED) is 0.539. The van der Waals surface area contributed by atoms with Crippen molar-refractivity contribution in [3.05, 3.63) is 0 Å². The molecule has 0 saturated heterocycles. The van der Waals surface area contributed by atoms with Crippen molar-refractivity contribution < 1.29 is 14.6 Å². The van der Waals surface area contributed by atoms with Gasteiger partial charge in [-0.15, -0.1) is 0 Å². The maximum absolute atomic E-state index is 11.4. The molecule has 0 radical (unpaired) electrons. The fourth-order valence-corrected chi connectivity index (χ4v) is 2.28. The van der Waals surface area contributed by atoms with E-state index in [1.165, 1.54) is 25.7 Å². The van der Waals surface area contributed by atoms with Gasteiger partial charge in [0.1, 0.15) is 5.54 Å². The molecule has 0 rings (SSSR count). The normalized spacial score (nSPS) is 16.1.